The molecule has 37 heavy (non-hydrogen) atoms. The molecule has 1 spiro atoms. The number of nitrogens with zero attached hydrogens (tertiary/aromatic N) is 4. The van der Waals surface area contributed by atoms with Gasteiger partial charge in [-0.15, -0.1) is 5.53 Å². The summed E-state index contributed by atoms with van der Waals surface area (Å²) in [4.78, 5) is 11.5. The highest BCUT2D eigenvalue weighted by Gasteiger charge is 2.46. The van der Waals surface area contributed by atoms with E-state index in [4.69, 9.17) is 9.32 Å². The summed E-state index contributed by atoms with van der Waals surface area (Å²) in [6.45, 7) is 2.04. The molecular formula is C24H34N8O4S. The molecule has 4 aliphatic rings. The van der Waals surface area contributed by atoms with E-state index in [1.165, 1.54) is 11.1 Å². The van der Waals surface area contributed by atoms with E-state index >= 15 is 0 Å². The minimum absolute atomic E-state index is 0.115. The lowest BCUT2D eigenvalue weighted by atomic mass is 9.74. The fraction of sp³-hybridized carbons (Fsp3) is 0.583. The van der Waals surface area contributed by atoms with E-state index in [-0.39, 0.29) is 30.0 Å². The van der Waals surface area contributed by atoms with Crippen molar-refractivity contribution < 1.29 is 17.7 Å². The monoisotopic (exact) mass is 530 g/mol. The van der Waals surface area contributed by atoms with E-state index in [0.29, 0.717) is 18.7 Å². The molecular weight excluding hydrogens is 496 g/mol. The molecule has 6 N–H and O–H groups in total. The molecule has 2 aliphatic carbocycles. The fourth-order valence-corrected chi connectivity index (χ4v) is 6.94. The number of nitrogens with one attached hydrogen (secondary N) is 3. The summed E-state index contributed by atoms with van der Waals surface area (Å²) < 4.78 is 27.1. The van der Waals surface area contributed by atoms with Gasteiger partial charge < -0.3 is 15.3 Å². The molecule has 13 heteroatoms. The van der Waals surface area contributed by atoms with Crippen molar-refractivity contribution in [1.82, 2.24) is 20.4 Å². The molecule has 2 aromatic rings. The van der Waals surface area contributed by atoms with Crippen LogP contribution in [0, 0.1) is 5.92 Å². The van der Waals surface area contributed by atoms with Crippen LogP contribution in [0.3, 0.4) is 0 Å². The van der Waals surface area contributed by atoms with Gasteiger partial charge >= 0.3 is 10.3 Å². The summed E-state index contributed by atoms with van der Waals surface area (Å²) in [7, 11) is -1.86. The fourth-order valence-electron chi connectivity index (χ4n) is 6.57. The van der Waals surface area contributed by atoms with Crippen LogP contribution in [0.15, 0.2) is 30.6 Å². The second kappa shape index (κ2) is 9.33. The van der Waals surface area contributed by atoms with Crippen molar-refractivity contribution in [3.05, 3.63) is 41.7 Å². The van der Waals surface area contributed by atoms with Crippen molar-refractivity contribution in [2.24, 2.45) is 11.1 Å². The van der Waals surface area contributed by atoms with Gasteiger partial charge in [0, 0.05) is 11.3 Å². The van der Waals surface area contributed by atoms with Crippen molar-refractivity contribution in [2.75, 3.05) is 42.5 Å². The molecule has 2 aliphatic heterocycles. The predicted octanol–water partition coefficient (Wildman–Crippen LogP) is 1.01. The number of nitrogens with two attached hydrogens (primary N) is 1. The summed E-state index contributed by atoms with van der Waals surface area (Å²) in [5.74, 6) is 1.05. The highest BCUT2D eigenvalue weighted by Crippen LogP contribution is 2.52. The van der Waals surface area contributed by atoms with Crippen molar-refractivity contribution in [3.63, 3.8) is 0 Å². The van der Waals surface area contributed by atoms with Gasteiger partial charge in [0.05, 0.1) is 24.8 Å². The Hall–Kier alpha value is -2.55. The molecule has 1 aromatic heterocycles. The topological polar surface area (TPSA) is 158 Å². The maximum Gasteiger partial charge on any atom is 0.333 e. The van der Waals surface area contributed by atoms with Gasteiger partial charge in [0.25, 0.3) is 0 Å². The molecule has 6 rings (SSSR count). The van der Waals surface area contributed by atoms with Gasteiger partial charge in [0.15, 0.2) is 11.6 Å². The van der Waals surface area contributed by atoms with Crippen LogP contribution in [-0.2, 0) is 19.9 Å². The van der Waals surface area contributed by atoms with E-state index in [2.05, 4.69) is 62.5 Å². The van der Waals surface area contributed by atoms with E-state index < -0.39 is 16.4 Å². The second-order valence-corrected chi connectivity index (χ2v) is 12.1. The molecule has 3 heterocycles. The molecule has 2 fully saturated rings. The lowest BCUT2D eigenvalue weighted by molar-refractivity contribution is 0.101. The van der Waals surface area contributed by atoms with Crippen LogP contribution in [0.2, 0.25) is 0 Å². The molecule has 4 atom stereocenters. The quantitative estimate of drug-likeness (QED) is 0.363. The summed E-state index contributed by atoms with van der Waals surface area (Å²) in [6.07, 6.45) is 5.11. The van der Waals surface area contributed by atoms with E-state index in [0.717, 1.165) is 43.9 Å². The van der Waals surface area contributed by atoms with Crippen LogP contribution in [0.5, 0.6) is 0 Å². The number of anilines is 3. The van der Waals surface area contributed by atoms with Gasteiger partial charge in [-0.2, -0.15) is 8.42 Å². The third-order valence-electron chi connectivity index (χ3n) is 8.56. The number of aliphatic hydroxyl groups excluding tert-OH is 1. The lowest BCUT2D eigenvalue weighted by Crippen LogP contribution is -2.43. The number of hydrazine groups is 2. The van der Waals surface area contributed by atoms with E-state index in [1.54, 1.807) is 6.33 Å². The Morgan fingerprint density at radius 2 is 2.03 bits per heavy atom. The highest BCUT2D eigenvalue weighted by atomic mass is 32.2. The van der Waals surface area contributed by atoms with Gasteiger partial charge in [-0.05, 0) is 63.4 Å². The number of aromatic nitrogens is 2. The Kier molecular flexibility index (Phi) is 6.24. The van der Waals surface area contributed by atoms with E-state index in [9.17, 15) is 13.5 Å². The first-order chi connectivity index (χ1) is 17.7. The zero-order valence-corrected chi connectivity index (χ0v) is 21.6. The van der Waals surface area contributed by atoms with Crippen LogP contribution in [0.4, 0.5) is 17.3 Å². The number of hydrogen-bond acceptors (Lipinski definition) is 11. The lowest BCUT2D eigenvalue weighted by Gasteiger charge is -2.39. The number of fused-ring (bicyclic) bond motifs is 3. The standard InChI is InChI=1S/C24H34N8O4S/c1-31-8-6-24(7-9-31)12-19(17-4-2-3-5-18(17)24)28-22-21-23(27-14-26-22)32(30-29-21)16-10-15(20(33)11-16)13-36-37(25,34)35/h2-5,14-16,19-20,29-30,33H,6-13H2,1H3,(H2,25,34,35)(H,26,27,28)/t15?,16?,19-,20?/m0/s1. The van der Waals surface area contributed by atoms with Crippen molar-refractivity contribution in [3.8, 4) is 0 Å². The average Bonchev–Trinajstić information content (AvgIpc) is 3.54. The van der Waals surface area contributed by atoms with Crippen LogP contribution in [-0.4, -0.2) is 67.3 Å². The average molecular weight is 531 g/mol. The Balaban J connectivity index is 1.20. The maximum atomic E-state index is 11.2. The van der Waals surface area contributed by atoms with Gasteiger partial charge in [0.1, 0.15) is 12.0 Å². The van der Waals surface area contributed by atoms with Gasteiger partial charge in [-0.25, -0.2) is 15.1 Å². The SMILES string of the molecule is CN1CCC2(CC1)C[C@H](Nc1ncnc3c1NNN3C1CC(O)C(COS(N)(=O)=O)C1)c1ccccc12. The number of rotatable bonds is 6. The first kappa shape index (κ1) is 24.8. The smallest absolute Gasteiger partial charge is 0.333 e. The summed E-state index contributed by atoms with van der Waals surface area (Å²) in [5, 5.41) is 21.0. The Morgan fingerprint density at radius 3 is 2.81 bits per heavy atom. The van der Waals surface area contributed by atoms with Crippen molar-refractivity contribution in [1.29, 1.82) is 0 Å². The van der Waals surface area contributed by atoms with Crippen molar-refractivity contribution >= 4 is 27.6 Å². The molecule has 3 unspecified atom stereocenters. The molecule has 1 aromatic carbocycles. The van der Waals surface area contributed by atoms with Crippen LogP contribution >= 0.6 is 0 Å². The molecule has 1 saturated heterocycles. The number of likely N-dealkylation sites (tertiary alicyclic amines) is 1. The highest BCUT2D eigenvalue weighted by molar-refractivity contribution is 7.84. The molecule has 200 valence electrons. The minimum atomic E-state index is -4.06. The Morgan fingerprint density at radius 1 is 1.24 bits per heavy atom. The minimum Gasteiger partial charge on any atom is -0.393 e. The normalized spacial score (nSPS) is 28.8. The molecule has 1 saturated carbocycles. The Bertz CT molecular complexity index is 1270. The number of hydrogen-bond donors (Lipinski definition) is 5. The van der Waals surface area contributed by atoms with Crippen LogP contribution < -0.4 is 26.4 Å². The number of aliphatic hydroxyl groups is 1. The maximum absolute atomic E-state index is 11.2. The molecule has 0 radical (unpaired) electrons. The van der Waals surface area contributed by atoms with Gasteiger partial charge in [-0.1, -0.05) is 24.3 Å². The zero-order chi connectivity index (χ0) is 25.8. The molecule has 0 bridgehead atoms. The van der Waals surface area contributed by atoms with Gasteiger partial charge in [0.2, 0.25) is 0 Å². The summed E-state index contributed by atoms with van der Waals surface area (Å²) in [6, 6.07) is 8.79. The first-order valence-corrected chi connectivity index (χ1v) is 14.3. The van der Waals surface area contributed by atoms with Crippen molar-refractivity contribution in [2.45, 2.75) is 55.7 Å². The first-order valence-electron chi connectivity index (χ1n) is 12.8. The predicted molar refractivity (Wildman–Crippen MR) is 139 cm³/mol. The molecule has 12 nitrogen and oxygen atoms in total. The third kappa shape index (κ3) is 4.64. The Labute approximate surface area is 216 Å². The largest absolute Gasteiger partial charge is 0.393 e. The number of benzene rings is 1. The third-order valence-corrected chi connectivity index (χ3v) is 9.02. The van der Waals surface area contributed by atoms with Crippen LogP contribution in [0.1, 0.15) is 49.3 Å². The van der Waals surface area contributed by atoms with Crippen LogP contribution in [0.25, 0.3) is 0 Å². The summed E-state index contributed by atoms with van der Waals surface area (Å²) in [5.41, 5.74) is 10.1. The second-order valence-electron chi connectivity index (χ2n) is 10.8. The van der Waals surface area contributed by atoms with E-state index in [1.807, 2.05) is 5.01 Å². The summed E-state index contributed by atoms with van der Waals surface area (Å²) >= 11 is 0. The molecule has 0 amide bonds. The number of piperidine rings is 1. The van der Waals surface area contributed by atoms with Gasteiger partial charge in [-0.3, -0.25) is 14.6 Å². The zero-order valence-electron chi connectivity index (χ0n) is 20.8.